The van der Waals surface area contributed by atoms with Gasteiger partial charge in [-0.2, -0.15) is 0 Å². The second kappa shape index (κ2) is 5.73. The lowest BCUT2D eigenvalue weighted by atomic mass is 10.1. The van der Waals surface area contributed by atoms with Gasteiger partial charge in [0.2, 0.25) is 5.91 Å². The fraction of sp³-hybridized carbons (Fsp3) is 0.357. The molecular weight excluding hydrogens is 262 g/mol. The third-order valence-corrected chi connectivity index (χ3v) is 3.24. The average molecular weight is 277 g/mol. The van der Waals surface area contributed by atoms with E-state index in [2.05, 4.69) is 9.47 Å². The van der Waals surface area contributed by atoms with Gasteiger partial charge in [-0.05, 0) is 18.2 Å². The molecule has 0 spiro atoms. The number of carbonyl (C=O) groups is 3. The van der Waals surface area contributed by atoms with Crippen molar-refractivity contribution >= 4 is 23.5 Å². The van der Waals surface area contributed by atoms with Crippen LogP contribution in [0.4, 0.5) is 5.69 Å². The molecule has 1 amide bonds. The van der Waals surface area contributed by atoms with E-state index in [1.807, 2.05) is 0 Å². The van der Waals surface area contributed by atoms with Gasteiger partial charge in [0, 0.05) is 18.7 Å². The summed E-state index contributed by atoms with van der Waals surface area (Å²) in [6, 6.07) is 6.56. The van der Waals surface area contributed by atoms with Gasteiger partial charge in [-0.3, -0.25) is 9.59 Å². The highest BCUT2D eigenvalue weighted by Gasteiger charge is 2.35. The zero-order valence-corrected chi connectivity index (χ0v) is 11.3. The van der Waals surface area contributed by atoms with Gasteiger partial charge >= 0.3 is 11.9 Å². The molecule has 0 unspecified atom stereocenters. The van der Waals surface area contributed by atoms with Crippen molar-refractivity contribution in [1.29, 1.82) is 0 Å². The molecule has 1 aliphatic heterocycles. The molecule has 20 heavy (non-hydrogen) atoms. The van der Waals surface area contributed by atoms with Crippen molar-refractivity contribution in [1.82, 2.24) is 0 Å². The Morgan fingerprint density at radius 2 is 2.00 bits per heavy atom. The zero-order valence-electron chi connectivity index (χ0n) is 11.3. The first-order valence-corrected chi connectivity index (χ1v) is 6.13. The van der Waals surface area contributed by atoms with E-state index in [1.54, 1.807) is 24.3 Å². The highest BCUT2D eigenvalue weighted by Crippen LogP contribution is 2.26. The molecule has 1 aliphatic rings. The van der Waals surface area contributed by atoms with Crippen LogP contribution in [0, 0.1) is 5.92 Å². The Kier molecular flexibility index (Phi) is 4.02. The van der Waals surface area contributed by atoms with Crippen LogP contribution >= 0.6 is 0 Å². The summed E-state index contributed by atoms with van der Waals surface area (Å²) in [5, 5.41) is 0. The summed E-state index contributed by atoms with van der Waals surface area (Å²) >= 11 is 0. The average Bonchev–Trinajstić information content (AvgIpc) is 2.87. The number of amides is 1. The molecule has 6 heteroatoms. The molecule has 2 rings (SSSR count). The second-order valence-corrected chi connectivity index (χ2v) is 4.47. The molecule has 1 atom stereocenters. The van der Waals surface area contributed by atoms with Gasteiger partial charge in [0.15, 0.2) is 0 Å². The quantitative estimate of drug-likeness (QED) is 0.771. The maximum Gasteiger partial charge on any atom is 0.337 e. The van der Waals surface area contributed by atoms with E-state index in [0.29, 0.717) is 11.3 Å². The van der Waals surface area contributed by atoms with Gasteiger partial charge in [-0.1, -0.05) is 6.07 Å². The Bertz CT molecular complexity index is 554. The first-order chi connectivity index (χ1) is 9.56. The SMILES string of the molecule is COC(=O)c1cccc(N2C[C@@H](C(=O)OC)CC2=O)c1. The normalized spacial score (nSPS) is 18.0. The lowest BCUT2D eigenvalue weighted by Crippen LogP contribution is -2.26. The minimum absolute atomic E-state index is 0.120. The molecule has 6 nitrogen and oxygen atoms in total. The van der Waals surface area contributed by atoms with Crippen molar-refractivity contribution in [2.24, 2.45) is 5.92 Å². The summed E-state index contributed by atoms with van der Waals surface area (Å²) in [4.78, 5) is 36.4. The molecule has 1 fully saturated rings. The molecule has 106 valence electrons. The fourth-order valence-electron chi connectivity index (χ4n) is 2.20. The first-order valence-electron chi connectivity index (χ1n) is 6.13. The smallest absolute Gasteiger partial charge is 0.337 e. The molecule has 0 N–H and O–H groups in total. The lowest BCUT2D eigenvalue weighted by Gasteiger charge is -2.17. The molecule has 1 heterocycles. The van der Waals surface area contributed by atoms with E-state index >= 15 is 0 Å². The molecule has 0 aliphatic carbocycles. The first kappa shape index (κ1) is 14.0. The Morgan fingerprint density at radius 3 is 2.65 bits per heavy atom. The zero-order chi connectivity index (χ0) is 14.7. The summed E-state index contributed by atoms with van der Waals surface area (Å²) in [5.41, 5.74) is 0.934. The topological polar surface area (TPSA) is 72.9 Å². The van der Waals surface area contributed by atoms with Gasteiger partial charge in [0.25, 0.3) is 0 Å². The van der Waals surface area contributed by atoms with E-state index in [4.69, 9.17) is 0 Å². The van der Waals surface area contributed by atoms with Crippen LogP contribution in [0.2, 0.25) is 0 Å². The monoisotopic (exact) mass is 277 g/mol. The number of rotatable bonds is 3. The highest BCUT2D eigenvalue weighted by molar-refractivity contribution is 6.00. The Balaban J connectivity index is 2.22. The van der Waals surface area contributed by atoms with Crippen LogP contribution in [0.15, 0.2) is 24.3 Å². The van der Waals surface area contributed by atoms with Crippen LogP contribution in [0.5, 0.6) is 0 Å². The number of carbonyl (C=O) groups excluding carboxylic acids is 3. The maximum absolute atomic E-state index is 12.0. The fourth-order valence-corrected chi connectivity index (χ4v) is 2.20. The molecule has 0 aromatic heterocycles. The van der Waals surface area contributed by atoms with Crippen LogP contribution in [0.3, 0.4) is 0 Å². The molecule has 0 saturated carbocycles. The van der Waals surface area contributed by atoms with E-state index < -0.39 is 17.9 Å². The molecule has 0 radical (unpaired) electrons. The van der Waals surface area contributed by atoms with Crippen molar-refractivity contribution in [3.63, 3.8) is 0 Å². The molecular formula is C14H15NO5. The number of hydrogen-bond donors (Lipinski definition) is 0. The molecule has 0 bridgehead atoms. The van der Waals surface area contributed by atoms with Crippen molar-refractivity contribution in [2.75, 3.05) is 25.7 Å². The molecule has 1 aromatic carbocycles. The summed E-state index contributed by atoms with van der Waals surface area (Å²) in [5.74, 6) is -1.50. The van der Waals surface area contributed by atoms with Crippen molar-refractivity contribution < 1.29 is 23.9 Å². The summed E-state index contributed by atoms with van der Waals surface area (Å²) in [7, 11) is 2.59. The van der Waals surface area contributed by atoms with Crippen molar-refractivity contribution in [3.05, 3.63) is 29.8 Å². The largest absolute Gasteiger partial charge is 0.469 e. The number of benzene rings is 1. The maximum atomic E-state index is 12.0. The number of ether oxygens (including phenoxy) is 2. The molecule has 1 aromatic rings. The van der Waals surface area contributed by atoms with Crippen LogP contribution in [0.25, 0.3) is 0 Å². The predicted molar refractivity (Wildman–Crippen MR) is 70.3 cm³/mol. The Labute approximate surface area is 116 Å². The summed E-state index contributed by atoms with van der Waals surface area (Å²) in [6.45, 7) is 0.260. The van der Waals surface area contributed by atoms with E-state index in [1.165, 1.54) is 19.1 Å². The number of nitrogens with zero attached hydrogens (tertiary/aromatic N) is 1. The minimum Gasteiger partial charge on any atom is -0.469 e. The third kappa shape index (κ3) is 2.64. The summed E-state index contributed by atoms with van der Waals surface area (Å²) < 4.78 is 9.30. The van der Waals surface area contributed by atoms with Crippen molar-refractivity contribution in [2.45, 2.75) is 6.42 Å². The van der Waals surface area contributed by atoms with Gasteiger partial charge in [0.05, 0.1) is 25.7 Å². The van der Waals surface area contributed by atoms with Crippen LogP contribution in [-0.2, 0) is 19.1 Å². The van der Waals surface area contributed by atoms with Crippen LogP contribution in [0.1, 0.15) is 16.8 Å². The number of hydrogen-bond acceptors (Lipinski definition) is 5. The van der Waals surface area contributed by atoms with Crippen LogP contribution < -0.4 is 4.90 Å². The second-order valence-electron chi connectivity index (χ2n) is 4.47. The van der Waals surface area contributed by atoms with E-state index in [0.717, 1.165) is 0 Å². The minimum atomic E-state index is -0.469. The van der Waals surface area contributed by atoms with E-state index in [9.17, 15) is 14.4 Å². The van der Waals surface area contributed by atoms with Gasteiger partial charge < -0.3 is 14.4 Å². The van der Waals surface area contributed by atoms with E-state index in [-0.39, 0.29) is 18.9 Å². The van der Waals surface area contributed by atoms with Gasteiger partial charge in [0.1, 0.15) is 0 Å². The van der Waals surface area contributed by atoms with Crippen molar-refractivity contribution in [3.8, 4) is 0 Å². The molecule has 1 saturated heterocycles. The highest BCUT2D eigenvalue weighted by atomic mass is 16.5. The van der Waals surface area contributed by atoms with Gasteiger partial charge in [-0.25, -0.2) is 4.79 Å². The number of esters is 2. The van der Waals surface area contributed by atoms with Gasteiger partial charge in [-0.15, -0.1) is 0 Å². The predicted octanol–water partition coefficient (Wildman–Crippen LogP) is 0.999. The van der Waals surface area contributed by atoms with Crippen LogP contribution in [-0.4, -0.2) is 38.6 Å². The Hall–Kier alpha value is -2.37. The lowest BCUT2D eigenvalue weighted by molar-refractivity contribution is -0.145. The number of methoxy groups -OCH3 is 2. The number of anilines is 1. The third-order valence-electron chi connectivity index (χ3n) is 3.24. The standard InChI is InChI=1S/C14H15NO5/c1-19-13(17)9-4-3-5-11(6-9)15-8-10(7-12(15)16)14(18)20-2/h3-6,10H,7-8H2,1-2H3/t10-/m0/s1. The Morgan fingerprint density at radius 1 is 1.25 bits per heavy atom. The summed E-state index contributed by atoms with van der Waals surface area (Å²) in [6.07, 6.45) is 0.120.